The zero-order valence-electron chi connectivity index (χ0n) is 8.15. The van der Waals surface area contributed by atoms with Gasteiger partial charge in [-0.15, -0.1) is 0 Å². The molecule has 2 bridgehead atoms. The van der Waals surface area contributed by atoms with Gasteiger partial charge in [-0.2, -0.15) is 0 Å². The van der Waals surface area contributed by atoms with E-state index in [4.69, 9.17) is 10.5 Å². The van der Waals surface area contributed by atoms with E-state index in [1.165, 1.54) is 25.9 Å². The lowest BCUT2D eigenvalue weighted by Crippen LogP contribution is -2.61. The Hall–Kier alpha value is -1.03. The molecule has 4 heteroatoms. The van der Waals surface area contributed by atoms with E-state index in [0.29, 0.717) is 11.9 Å². The molecule has 1 unspecified atom stereocenters. The van der Waals surface area contributed by atoms with Crippen LogP contribution in [-0.2, 0) is 4.74 Å². The first-order valence-electron chi connectivity index (χ1n) is 5.21. The summed E-state index contributed by atoms with van der Waals surface area (Å²) in [6.45, 7) is 3.39. The average Bonchev–Trinajstić information content (AvgIpc) is 2.18. The van der Waals surface area contributed by atoms with E-state index in [0.717, 1.165) is 6.54 Å². The highest BCUT2D eigenvalue weighted by Crippen LogP contribution is 2.40. The first-order chi connectivity index (χ1) is 6.78. The number of rotatable bonds is 0. The molecule has 4 heterocycles. The van der Waals surface area contributed by atoms with Crippen molar-refractivity contribution in [1.29, 1.82) is 0 Å². The minimum atomic E-state index is -0.164. The van der Waals surface area contributed by atoms with Crippen molar-refractivity contribution in [2.45, 2.75) is 18.4 Å². The van der Waals surface area contributed by atoms with E-state index < -0.39 is 0 Å². The molecule has 0 aromatic rings. The topological polar surface area (TPSA) is 50.8 Å². The van der Waals surface area contributed by atoms with Crippen molar-refractivity contribution in [3.63, 3.8) is 0 Å². The average molecular weight is 193 g/mol. The number of hydrogen-bond acceptors (Lipinski definition) is 4. The summed E-state index contributed by atoms with van der Waals surface area (Å²) in [5.74, 6) is 0.623. The van der Waals surface area contributed by atoms with Gasteiger partial charge in [0, 0.05) is 18.7 Å². The van der Waals surface area contributed by atoms with Crippen LogP contribution in [0.4, 0.5) is 0 Å². The van der Waals surface area contributed by atoms with Gasteiger partial charge in [0.25, 0.3) is 6.02 Å². The Balaban J connectivity index is 1.91. The summed E-state index contributed by atoms with van der Waals surface area (Å²) in [7, 11) is 0. The summed E-state index contributed by atoms with van der Waals surface area (Å²) >= 11 is 0. The predicted octanol–water partition coefficient (Wildman–Crippen LogP) is 0.309. The van der Waals surface area contributed by atoms with Gasteiger partial charge < -0.3 is 10.5 Å². The fourth-order valence-corrected chi connectivity index (χ4v) is 2.85. The third kappa shape index (κ3) is 1.07. The maximum atomic E-state index is 5.75. The first-order valence-corrected chi connectivity index (χ1v) is 5.21. The molecule has 2 N–H and O–H groups in total. The van der Waals surface area contributed by atoms with Gasteiger partial charge in [-0.1, -0.05) is 0 Å². The fourth-order valence-electron chi connectivity index (χ4n) is 2.85. The summed E-state index contributed by atoms with van der Waals surface area (Å²) in [5, 5.41) is 0. The number of fused-ring (bicyclic) bond motifs is 2. The molecular formula is C10H15N3O. The van der Waals surface area contributed by atoms with Gasteiger partial charge in [0.05, 0.1) is 0 Å². The summed E-state index contributed by atoms with van der Waals surface area (Å²) in [5.41, 5.74) is 5.47. The lowest BCUT2D eigenvalue weighted by Gasteiger charge is -2.51. The van der Waals surface area contributed by atoms with Crippen molar-refractivity contribution in [3.05, 3.63) is 12.3 Å². The van der Waals surface area contributed by atoms with E-state index >= 15 is 0 Å². The molecule has 4 rings (SSSR count). The quantitative estimate of drug-likeness (QED) is 0.602. The predicted molar refractivity (Wildman–Crippen MR) is 53.7 cm³/mol. The van der Waals surface area contributed by atoms with Crippen LogP contribution in [0.1, 0.15) is 12.8 Å². The zero-order valence-corrected chi connectivity index (χ0v) is 8.15. The van der Waals surface area contributed by atoms with Gasteiger partial charge in [-0.05, 0) is 32.0 Å². The second-order valence-corrected chi connectivity index (χ2v) is 4.39. The molecular weight excluding hydrogens is 178 g/mol. The van der Waals surface area contributed by atoms with E-state index in [2.05, 4.69) is 16.0 Å². The molecule has 0 radical (unpaired) electrons. The van der Waals surface area contributed by atoms with Crippen LogP contribution >= 0.6 is 0 Å². The molecule has 3 fully saturated rings. The number of aliphatic imine (C=N–C) groups is 1. The molecule has 14 heavy (non-hydrogen) atoms. The van der Waals surface area contributed by atoms with Crippen molar-refractivity contribution in [2.75, 3.05) is 19.6 Å². The van der Waals surface area contributed by atoms with Crippen molar-refractivity contribution < 1.29 is 4.74 Å². The number of piperidine rings is 3. The summed E-state index contributed by atoms with van der Waals surface area (Å²) in [4.78, 5) is 6.38. The fraction of sp³-hybridized carbons (Fsp3) is 0.700. The Kier molecular flexibility index (Phi) is 1.62. The van der Waals surface area contributed by atoms with Gasteiger partial charge in [0.1, 0.15) is 5.60 Å². The third-order valence-electron chi connectivity index (χ3n) is 3.60. The first kappa shape index (κ1) is 8.29. The molecule has 76 valence electrons. The van der Waals surface area contributed by atoms with Crippen molar-refractivity contribution in [2.24, 2.45) is 16.6 Å². The van der Waals surface area contributed by atoms with Crippen LogP contribution in [0.2, 0.25) is 0 Å². The lowest BCUT2D eigenvalue weighted by atomic mass is 9.75. The highest BCUT2D eigenvalue weighted by molar-refractivity contribution is 5.73. The Labute approximate surface area is 83.4 Å². The number of ether oxygens (including phenoxy) is 1. The number of amidine groups is 1. The minimum absolute atomic E-state index is 0.164. The molecule has 4 nitrogen and oxygen atoms in total. The standard InChI is InChI=1S/C10H15N3O/c11-9-12-4-3-10(14-9)7-13-5-1-8(10)2-6-13/h3-4,8H,1-2,5-7H2,(H2,11,12). The number of nitrogens with two attached hydrogens (primary N) is 1. The Morgan fingerprint density at radius 2 is 2.29 bits per heavy atom. The van der Waals surface area contributed by atoms with Crippen LogP contribution in [-0.4, -0.2) is 36.2 Å². The molecule has 0 aromatic carbocycles. The monoisotopic (exact) mass is 193 g/mol. The molecule has 1 spiro atoms. The van der Waals surface area contributed by atoms with Crippen LogP contribution in [0, 0.1) is 5.92 Å². The molecule has 4 aliphatic heterocycles. The summed E-state index contributed by atoms with van der Waals surface area (Å²) in [6.07, 6.45) is 6.31. The molecule has 0 saturated carbocycles. The SMILES string of the molecule is NC1=NC=CC2(CN3CCC2CC3)O1. The van der Waals surface area contributed by atoms with Gasteiger partial charge in [-0.3, -0.25) is 4.90 Å². The number of nitrogens with zero attached hydrogens (tertiary/aromatic N) is 2. The Morgan fingerprint density at radius 1 is 1.50 bits per heavy atom. The van der Waals surface area contributed by atoms with Crippen molar-refractivity contribution >= 4 is 6.02 Å². The Bertz CT molecular complexity index is 304. The lowest BCUT2D eigenvalue weighted by molar-refractivity contribution is -0.0712. The second kappa shape index (κ2) is 2.73. The van der Waals surface area contributed by atoms with Crippen molar-refractivity contribution in [3.8, 4) is 0 Å². The van der Waals surface area contributed by atoms with Crippen LogP contribution in [0.15, 0.2) is 17.3 Å². The van der Waals surface area contributed by atoms with Gasteiger partial charge in [-0.25, -0.2) is 4.99 Å². The molecule has 4 aliphatic rings. The number of hydrogen-bond donors (Lipinski definition) is 1. The maximum absolute atomic E-state index is 5.75. The summed E-state index contributed by atoms with van der Waals surface area (Å²) in [6, 6.07) is 0.321. The van der Waals surface area contributed by atoms with E-state index in [1.807, 2.05) is 0 Å². The highest BCUT2D eigenvalue weighted by Gasteiger charge is 2.48. The smallest absolute Gasteiger partial charge is 0.287 e. The normalized spacial score (nSPS) is 45.0. The molecule has 3 saturated heterocycles. The maximum Gasteiger partial charge on any atom is 0.287 e. The molecule has 0 aliphatic carbocycles. The van der Waals surface area contributed by atoms with Crippen LogP contribution in [0.25, 0.3) is 0 Å². The largest absolute Gasteiger partial charge is 0.453 e. The molecule has 0 aromatic heterocycles. The van der Waals surface area contributed by atoms with Gasteiger partial charge in [0.2, 0.25) is 0 Å². The van der Waals surface area contributed by atoms with E-state index in [-0.39, 0.29) is 5.60 Å². The Morgan fingerprint density at radius 3 is 2.86 bits per heavy atom. The van der Waals surface area contributed by atoms with E-state index in [1.54, 1.807) is 6.20 Å². The van der Waals surface area contributed by atoms with Gasteiger partial charge >= 0.3 is 0 Å². The van der Waals surface area contributed by atoms with Crippen molar-refractivity contribution in [1.82, 2.24) is 4.90 Å². The third-order valence-corrected chi connectivity index (χ3v) is 3.60. The van der Waals surface area contributed by atoms with E-state index in [9.17, 15) is 0 Å². The minimum Gasteiger partial charge on any atom is -0.453 e. The van der Waals surface area contributed by atoms with Crippen LogP contribution < -0.4 is 5.73 Å². The summed E-state index contributed by atoms with van der Waals surface area (Å²) < 4.78 is 5.75. The van der Waals surface area contributed by atoms with Crippen LogP contribution in [0.5, 0.6) is 0 Å². The molecule has 1 atom stereocenters. The molecule has 0 amide bonds. The van der Waals surface area contributed by atoms with Crippen LogP contribution in [0.3, 0.4) is 0 Å². The van der Waals surface area contributed by atoms with Gasteiger partial charge in [0.15, 0.2) is 0 Å². The second-order valence-electron chi connectivity index (χ2n) is 4.39. The zero-order chi connectivity index (χ0) is 9.60. The highest BCUT2D eigenvalue weighted by atomic mass is 16.5.